The zero-order chi connectivity index (χ0) is 23.0. The number of anilines is 1. The van der Waals surface area contributed by atoms with Crippen LogP contribution in [-0.4, -0.2) is 46.6 Å². The number of hydrogen-bond acceptors (Lipinski definition) is 6. The topological polar surface area (TPSA) is 97.3 Å². The maximum atomic E-state index is 12.3. The van der Waals surface area contributed by atoms with Crippen molar-refractivity contribution in [2.75, 3.05) is 30.3 Å². The number of carbonyl (C=O) groups is 1. The van der Waals surface area contributed by atoms with Crippen molar-refractivity contribution in [3.05, 3.63) is 53.1 Å². The summed E-state index contributed by atoms with van der Waals surface area (Å²) in [6.45, 7) is 8.20. The summed E-state index contributed by atoms with van der Waals surface area (Å²) >= 11 is 0. The van der Waals surface area contributed by atoms with Crippen LogP contribution in [0.1, 0.15) is 30.5 Å². The van der Waals surface area contributed by atoms with Gasteiger partial charge in [0, 0.05) is 0 Å². The summed E-state index contributed by atoms with van der Waals surface area (Å²) in [7, 11) is -3.65. The number of aryl methyl sites for hydroxylation is 2. The van der Waals surface area contributed by atoms with Crippen LogP contribution in [0.25, 0.3) is 0 Å². The molecule has 0 saturated heterocycles. The third kappa shape index (κ3) is 6.99. The van der Waals surface area contributed by atoms with Gasteiger partial charge in [-0.2, -0.15) is 5.10 Å². The smallest absolute Gasteiger partial charge is 0.260 e. The molecule has 31 heavy (non-hydrogen) atoms. The number of benzene rings is 2. The second kappa shape index (κ2) is 10.8. The molecule has 0 aliphatic heterocycles. The third-order valence-electron chi connectivity index (χ3n) is 4.44. The molecule has 1 amide bonds. The summed E-state index contributed by atoms with van der Waals surface area (Å²) in [5, 5.41) is 3.94. The number of carbonyl (C=O) groups excluding carboxylic acids is 1. The van der Waals surface area contributed by atoms with Gasteiger partial charge in [-0.3, -0.25) is 9.10 Å². The second-order valence-corrected chi connectivity index (χ2v) is 8.81. The maximum Gasteiger partial charge on any atom is 0.260 e. The van der Waals surface area contributed by atoms with Gasteiger partial charge in [-0.05, 0) is 74.7 Å². The van der Waals surface area contributed by atoms with E-state index < -0.39 is 15.9 Å². The lowest BCUT2D eigenvalue weighted by molar-refractivity contribution is -0.119. The van der Waals surface area contributed by atoms with Crippen molar-refractivity contribution < 1.29 is 22.7 Å². The van der Waals surface area contributed by atoms with E-state index >= 15 is 0 Å². The first-order valence-corrected chi connectivity index (χ1v) is 11.8. The summed E-state index contributed by atoms with van der Waals surface area (Å²) in [6, 6.07) is 10.5. The quantitative estimate of drug-likeness (QED) is 0.446. The van der Waals surface area contributed by atoms with E-state index in [2.05, 4.69) is 10.5 Å². The monoisotopic (exact) mass is 447 g/mol. The Labute approximate surface area is 183 Å². The average molecular weight is 448 g/mol. The Kier molecular flexibility index (Phi) is 8.44. The Hall–Kier alpha value is -3.07. The van der Waals surface area contributed by atoms with Crippen LogP contribution in [0.4, 0.5) is 5.69 Å². The van der Waals surface area contributed by atoms with Gasteiger partial charge in [-0.1, -0.05) is 6.07 Å². The van der Waals surface area contributed by atoms with Crippen molar-refractivity contribution >= 4 is 27.8 Å². The van der Waals surface area contributed by atoms with Crippen molar-refractivity contribution in [1.82, 2.24) is 5.43 Å². The van der Waals surface area contributed by atoms with Crippen LogP contribution in [0.2, 0.25) is 0 Å². The molecule has 0 radical (unpaired) electrons. The lowest BCUT2D eigenvalue weighted by atomic mass is 10.1. The van der Waals surface area contributed by atoms with Gasteiger partial charge in [0.05, 0.1) is 31.4 Å². The van der Waals surface area contributed by atoms with E-state index in [1.54, 1.807) is 30.3 Å². The minimum Gasteiger partial charge on any atom is -0.490 e. The van der Waals surface area contributed by atoms with Gasteiger partial charge in [-0.25, -0.2) is 13.8 Å². The minimum atomic E-state index is -3.65. The second-order valence-electron chi connectivity index (χ2n) is 6.90. The first-order valence-electron chi connectivity index (χ1n) is 9.92. The molecule has 9 heteroatoms. The van der Waals surface area contributed by atoms with E-state index in [1.807, 2.05) is 33.8 Å². The van der Waals surface area contributed by atoms with Crippen molar-refractivity contribution in [2.24, 2.45) is 5.10 Å². The van der Waals surface area contributed by atoms with E-state index in [0.29, 0.717) is 36.0 Å². The predicted molar refractivity (Wildman–Crippen MR) is 123 cm³/mol. The van der Waals surface area contributed by atoms with Gasteiger partial charge >= 0.3 is 0 Å². The van der Waals surface area contributed by atoms with Crippen molar-refractivity contribution in [3.8, 4) is 11.5 Å². The number of sulfonamides is 1. The molecule has 0 heterocycles. The van der Waals surface area contributed by atoms with E-state index in [9.17, 15) is 13.2 Å². The van der Waals surface area contributed by atoms with Crippen LogP contribution in [0.15, 0.2) is 41.5 Å². The molecule has 2 aromatic rings. The Balaban J connectivity index is 2.10. The molecule has 0 aliphatic carbocycles. The molecule has 0 spiro atoms. The molecule has 2 aromatic carbocycles. The molecule has 1 N–H and O–H groups in total. The zero-order valence-corrected chi connectivity index (χ0v) is 19.3. The van der Waals surface area contributed by atoms with Crippen LogP contribution >= 0.6 is 0 Å². The highest BCUT2D eigenvalue weighted by atomic mass is 32.2. The van der Waals surface area contributed by atoms with Crippen LogP contribution in [0.3, 0.4) is 0 Å². The average Bonchev–Trinajstić information content (AvgIpc) is 2.70. The van der Waals surface area contributed by atoms with E-state index in [-0.39, 0.29) is 6.54 Å². The maximum absolute atomic E-state index is 12.3. The molecular formula is C22H29N3O5S. The lowest BCUT2D eigenvalue weighted by Gasteiger charge is -2.22. The molecular weight excluding hydrogens is 418 g/mol. The van der Waals surface area contributed by atoms with Crippen molar-refractivity contribution in [1.29, 1.82) is 0 Å². The largest absolute Gasteiger partial charge is 0.490 e. The number of amides is 1. The van der Waals surface area contributed by atoms with Gasteiger partial charge in [-0.15, -0.1) is 0 Å². The highest BCUT2D eigenvalue weighted by Gasteiger charge is 2.21. The predicted octanol–water partition coefficient (Wildman–Crippen LogP) is 3.02. The summed E-state index contributed by atoms with van der Waals surface area (Å²) < 4.78 is 36.6. The molecule has 0 aromatic heterocycles. The standard InChI is InChI=1S/C22H29N3O5S/c1-6-29-20-11-9-18(13-21(20)30-7-2)14-23-24-22(26)15-25(31(5,27)28)19-10-8-16(3)17(4)12-19/h8-14H,6-7,15H2,1-5H3,(H,24,26)/b23-14-. The summed E-state index contributed by atoms with van der Waals surface area (Å²) in [5.74, 6) is 0.649. The fraction of sp³-hybridized carbons (Fsp3) is 0.364. The highest BCUT2D eigenvalue weighted by molar-refractivity contribution is 7.92. The van der Waals surface area contributed by atoms with E-state index in [4.69, 9.17) is 9.47 Å². The van der Waals surface area contributed by atoms with Gasteiger partial charge in [0.25, 0.3) is 5.91 Å². The van der Waals surface area contributed by atoms with Crippen LogP contribution < -0.4 is 19.2 Å². The number of nitrogens with zero attached hydrogens (tertiary/aromatic N) is 2. The Morgan fingerprint density at radius 1 is 1.03 bits per heavy atom. The van der Waals surface area contributed by atoms with E-state index in [1.165, 1.54) is 6.21 Å². The summed E-state index contributed by atoms with van der Waals surface area (Å²) in [6.07, 6.45) is 2.52. The Morgan fingerprint density at radius 2 is 1.71 bits per heavy atom. The summed E-state index contributed by atoms with van der Waals surface area (Å²) in [5.41, 5.74) is 5.47. The molecule has 0 atom stereocenters. The molecule has 0 fully saturated rings. The summed E-state index contributed by atoms with van der Waals surface area (Å²) in [4.78, 5) is 12.3. The number of hydrogen-bond donors (Lipinski definition) is 1. The van der Waals surface area contributed by atoms with Crippen LogP contribution in [-0.2, 0) is 14.8 Å². The SMILES string of the molecule is CCOc1ccc(/C=N\NC(=O)CN(c2ccc(C)c(C)c2)S(C)(=O)=O)cc1OCC. The zero-order valence-electron chi connectivity index (χ0n) is 18.5. The van der Waals surface area contributed by atoms with Gasteiger partial charge < -0.3 is 9.47 Å². The molecule has 0 bridgehead atoms. The Bertz CT molecular complexity index is 1050. The first-order chi connectivity index (χ1) is 14.7. The van der Waals surface area contributed by atoms with E-state index in [0.717, 1.165) is 21.7 Å². The third-order valence-corrected chi connectivity index (χ3v) is 5.58. The number of nitrogens with one attached hydrogen (secondary N) is 1. The fourth-order valence-corrected chi connectivity index (χ4v) is 3.62. The molecule has 0 aliphatic rings. The fourth-order valence-electron chi connectivity index (χ4n) is 2.77. The van der Waals surface area contributed by atoms with Crippen molar-refractivity contribution in [3.63, 3.8) is 0 Å². The van der Waals surface area contributed by atoms with Crippen LogP contribution in [0, 0.1) is 13.8 Å². The minimum absolute atomic E-state index is 0.383. The number of rotatable bonds is 10. The normalized spacial score (nSPS) is 11.4. The van der Waals surface area contributed by atoms with Crippen LogP contribution in [0.5, 0.6) is 11.5 Å². The first kappa shape index (κ1) is 24.2. The number of ether oxygens (including phenoxy) is 2. The lowest BCUT2D eigenvalue weighted by Crippen LogP contribution is -2.39. The molecule has 168 valence electrons. The highest BCUT2D eigenvalue weighted by Crippen LogP contribution is 2.28. The molecule has 0 unspecified atom stereocenters. The molecule has 8 nitrogen and oxygen atoms in total. The Morgan fingerprint density at radius 3 is 2.32 bits per heavy atom. The van der Waals surface area contributed by atoms with Gasteiger partial charge in [0.15, 0.2) is 11.5 Å². The molecule has 0 saturated carbocycles. The number of hydrazone groups is 1. The van der Waals surface area contributed by atoms with Gasteiger partial charge in [0.1, 0.15) is 6.54 Å². The van der Waals surface area contributed by atoms with Crippen molar-refractivity contribution in [2.45, 2.75) is 27.7 Å². The van der Waals surface area contributed by atoms with Gasteiger partial charge in [0.2, 0.25) is 10.0 Å². The molecule has 2 rings (SSSR count).